The van der Waals surface area contributed by atoms with Crippen molar-refractivity contribution in [3.05, 3.63) is 29.8 Å². The third-order valence-corrected chi connectivity index (χ3v) is 4.87. The maximum atomic E-state index is 12.2. The van der Waals surface area contributed by atoms with Crippen LogP contribution in [0.2, 0.25) is 0 Å². The van der Waals surface area contributed by atoms with Gasteiger partial charge in [-0.25, -0.2) is 13.1 Å². The number of ether oxygens (including phenoxy) is 2. The molecule has 1 atom stereocenters. The summed E-state index contributed by atoms with van der Waals surface area (Å²) in [6.45, 7) is 0.909. The Kier molecular flexibility index (Phi) is 4.77. The summed E-state index contributed by atoms with van der Waals surface area (Å²) < 4.78 is 37.6. The molecule has 0 amide bonds. The lowest BCUT2D eigenvalue weighted by molar-refractivity contribution is -0.0120. The number of nitrogens with one attached hydrogen (secondary N) is 1. The Morgan fingerprint density at radius 3 is 2.90 bits per heavy atom. The molecule has 0 aromatic heterocycles. The number of hydrogen-bond acceptors (Lipinski definition) is 5. The molecule has 6 nitrogen and oxygen atoms in total. The maximum Gasteiger partial charge on any atom is 0.240 e. The molecule has 20 heavy (non-hydrogen) atoms. The molecule has 0 spiro atoms. The van der Waals surface area contributed by atoms with Crippen molar-refractivity contribution in [1.82, 2.24) is 4.72 Å². The molecule has 1 aliphatic rings. The fourth-order valence-corrected chi connectivity index (χ4v) is 3.27. The highest BCUT2D eigenvalue weighted by Gasteiger charge is 2.36. The molecule has 1 aliphatic heterocycles. The first kappa shape index (κ1) is 15.4. The van der Waals surface area contributed by atoms with Gasteiger partial charge in [0.25, 0.3) is 0 Å². The Morgan fingerprint density at radius 1 is 1.50 bits per heavy atom. The Bertz CT molecular complexity index is 552. The smallest absolute Gasteiger partial charge is 0.240 e. The molecule has 7 heteroatoms. The quantitative estimate of drug-likeness (QED) is 0.787. The fraction of sp³-hybridized carbons (Fsp3) is 0.538. The van der Waals surface area contributed by atoms with Gasteiger partial charge in [0.05, 0.1) is 18.1 Å². The lowest BCUT2D eigenvalue weighted by Gasteiger charge is -2.25. The molecule has 2 N–H and O–H groups in total. The van der Waals surface area contributed by atoms with Gasteiger partial charge in [0.2, 0.25) is 10.0 Å². The highest BCUT2D eigenvalue weighted by Crippen LogP contribution is 2.22. The molecular formula is C13H19NO5S. The predicted octanol–water partition coefficient (Wildman–Crippen LogP) is 0.263. The molecule has 2 rings (SSSR count). The largest absolute Gasteiger partial charge is 0.392 e. The van der Waals surface area contributed by atoms with Crippen LogP contribution >= 0.6 is 0 Å². The Balaban J connectivity index is 2.10. The van der Waals surface area contributed by atoms with Gasteiger partial charge in [0, 0.05) is 26.7 Å². The summed E-state index contributed by atoms with van der Waals surface area (Å²) in [7, 11) is -2.07. The van der Waals surface area contributed by atoms with Gasteiger partial charge < -0.3 is 14.6 Å². The number of aliphatic hydroxyl groups excluding tert-OH is 1. The van der Waals surface area contributed by atoms with E-state index in [1.807, 2.05) is 0 Å². The van der Waals surface area contributed by atoms with Crippen LogP contribution in [0.5, 0.6) is 0 Å². The van der Waals surface area contributed by atoms with Gasteiger partial charge in [0.15, 0.2) is 0 Å². The van der Waals surface area contributed by atoms with E-state index in [0.717, 1.165) is 0 Å². The zero-order valence-corrected chi connectivity index (χ0v) is 12.1. The summed E-state index contributed by atoms with van der Waals surface area (Å²) in [5.74, 6) is 0. The zero-order chi connectivity index (χ0) is 14.6. The SMILES string of the molecule is COC1(CNS(=O)(=O)c2cccc(CO)c2)CCOC1. The average Bonchev–Trinajstić information content (AvgIpc) is 2.95. The Hall–Kier alpha value is -0.990. The van der Waals surface area contributed by atoms with E-state index in [1.54, 1.807) is 19.2 Å². The molecule has 1 aromatic carbocycles. The van der Waals surface area contributed by atoms with Gasteiger partial charge in [-0.1, -0.05) is 12.1 Å². The van der Waals surface area contributed by atoms with Gasteiger partial charge in [-0.15, -0.1) is 0 Å². The van der Waals surface area contributed by atoms with E-state index in [9.17, 15) is 8.42 Å². The van der Waals surface area contributed by atoms with E-state index in [4.69, 9.17) is 14.6 Å². The summed E-state index contributed by atoms with van der Waals surface area (Å²) in [5, 5.41) is 9.06. The minimum absolute atomic E-state index is 0.134. The molecule has 0 aliphatic carbocycles. The summed E-state index contributed by atoms with van der Waals surface area (Å²) in [6.07, 6.45) is 0.655. The molecule has 112 valence electrons. The van der Waals surface area contributed by atoms with Gasteiger partial charge in [0.1, 0.15) is 5.60 Å². The molecule has 1 heterocycles. The molecule has 0 bridgehead atoms. The van der Waals surface area contributed by atoms with Crippen LogP contribution in [0.1, 0.15) is 12.0 Å². The number of hydrogen-bond donors (Lipinski definition) is 2. The first-order valence-electron chi connectivity index (χ1n) is 6.34. The number of aliphatic hydroxyl groups is 1. The maximum absolute atomic E-state index is 12.2. The first-order chi connectivity index (χ1) is 9.51. The lowest BCUT2D eigenvalue weighted by atomic mass is 10.0. The highest BCUT2D eigenvalue weighted by molar-refractivity contribution is 7.89. The molecule has 0 radical (unpaired) electrons. The van der Waals surface area contributed by atoms with Crippen molar-refractivity contribution in [3.8, 4) is 0 Å². The molecule has 1 unspecified atom stereocenters. The van der Waals surface area contributed by atoms with Gasteiger partial charge in [-0.2, -0.15) is 0 Å². The van der Waals surface area contributed by atoms with E-state index < -0.39 is 15.6 Å². The summed E-state index contributed by atoms with van der Waals surface area (Å²) in [5.41, 5.74) is -0.0414. The summed E-state index contributed by atoms with van der Waals surface area (Å²) >= 11 is 0. The minimum Gasteiger partial charge on any atom is -0.392 e. The fourth-order valence-electron chi connectivity index (χ4n) is 2.08. The number of sulfonamides is 1. The first-order valence-corrected chi connectivity index (χ1v) is 7.82. The molecule has 1 fully saturated rings. The van der Waals surface area contributed by atoms with Crippen LogP contribution in [0.4, 0.5) is 0 Å². The van der Waals surface area contributed by atoms with Crippen LogP contribution in [0.25, 0.3) is 0 Å². The van der Waals surface area contributed by atoms with Gasteiger partial charge >= 0.3 is 0 Å². The molecule has 0 saturated carbocycles. The van der Waals surface area contributed by atoms with Crippen LogP contribution in [0.15, 0.2) is 29.2 Å². The normalized spacial score (nSPS) is 23.1. The minimum atomic E-state index is -3.63. The molecule has 1 aromatic rings. The van der Waals surface area contributed by atoms with Crippen molar-refractivity contribution in [2.45, 2.75) is 23.5 Å². The topological polar surface area (TPSA) is 84.9 Å². The molecule has 1 saturated heterocycles. The lowest BCUT2D eigenvalue weighted by Crippen LogP contribution is -2.44. The van der Waals surface area contributed by atoms with Crippen LogP contribution in [0, 0.1) is 0 Å². The van der Waals surface area contributed by atoms with E-state index in [1.165, 1.54) is 12.1 Å². The van der Waals surface area contributed by atoms with Crippen LogP contribution in [0.3, 0.4) is 0 Å². The monoisotopic (exact) mass is 301 g/mol. The van der Waals surface area contributed by atoms with Crippen molar-refractivity contribution < 1.29 is 23.0 Å². The van der Waals surface area contributed by atoms with Crippen molar-refractivity contribution in [1.29, 1.82) is 0 Å². The second kappa shape index (κ2) is 6.19. The zero-order valence-electron chi connectivity index (χ0n) is 11.3. The van der Waals surface area contributed by atoms with E-state index >= 15 is 0 Å². The highest BCUT2D eigenvalue weighted by atomic mass is 32.2. The van der Waals surface area contributed by atoms with Gasteiger partial charge in [-0.3, -0.25) is 0 Å². The van der Waals surface area contributed by atoms with Crippen LogP contribution in [-0.4, -0.2) is 46.0 Å². The van der Waals surface area contributed by atoms with Crippen LogP contribution in [-0.2, 0) is 26.1 Å². The number of rotatable bonds is 6. The summed E-state index contributed by atoms with van der Waals surface area (Å²) in [6, 6.07) is 6.21. The van der Waals surface area contributed by atoms with Gasteiger partial charge in [-0.05, 0) is 17.7 Å². The van der Waals surface area contributed by atoms with Crippen molar-refractivity contribution in [3.63, 3.8) is 0 Å². The molecular weight excluding hydrogens is 282 g/mol. The van der Waals surface area contributed by atoms with Crippen molar-refractivity contribution in [2.24, 2.45) is 0 Å². The van der Waals surface area contributed by atoms with Crippen molar-refractivity contribution >= 4 is 10.0 Å². The van der Waals surface area contributed by atoms with E-state index in [0.29, 0.717) is 25.2 Å². The Labute approximate surface area is 118 Å². The third-order valence-electron chi connectivity index (χ3n) is 3.48. The van der Waals surface area contributed by atoms with E-state index in [2.05, 4.69) is 4.72 Å². The second-order valence-corrected chi connectivity index (χ2v) is 6.59. The Morgan fingerprint density at radius 2 is 2.30 bits per heavy atom. The predicted molar refractivity (Wildman–Crippen MR) is 72.7 cm³/mol. The number of methoxy groups -OCH3 is 1. The number of benzene rings is 1. The third kappa shape index (κ3) is 3.36. The van der Waals surface area contributed by atoms with Crippen LogP contribution < -0.4 is 4.72 Å². The average molecular weight is 301 g/mol. The standard InChI is InChI=1S/C13H19NO5S/c1-18-13(5-6-19-10-13)9-14-20(16,17)12-4-2-3-11(7-12)8-15/h2-4,7,14-15H,5-6,8-10H2,1H3. The van der Waals surface area contributed by atoms with Crippen molar-refractivity contribution in [2.75, 3.05) is 26.9 Å². The second-order valence-electron chi connectivity index (χ2n) is 4.82. The summed E-state index contributed by atoms with van der Waals surface area (Å²) in [4.78, 5) is 0.134. The van der Waals surface area contributed by atoms with E-state index in [-0.39, 0.29) is 18.0 Å².